The molecule has 0 saturated heterocycles. The van der Waals surface area contributed by atoms with E-state index in [1.807, 2.05) is 37.4 Å². The van der Waals surface area contributed by atoms with Crippen LogP contribution in [0.15, 0.2) is 23.6 Å². The molecule has 0 aromatic carbocycles. The Bertz CT molecular complexity index is 826. The molecule has 130 valence electrons. The first-order valence-electron chi connectivity index (χ1n) is 7.83. The van der Waals surface area contributed by atoms with Crippen LogP contribution in [0.1, 0.15) is 24.2 Å². The number of carbonyl (C=O) groups excluding carboxylic acids is 1. The molecule has 0 fully saturated rings. The van der Waals surface area contributed by atoms with Gasteiger partial charge in [-0.05, 0) is 37.8 Å². The van der Waals surface area contributed by atoms with Crippen LogP contribution in [0, 0.1) is 13.8 Å². The SMILES string of the molecule is Cc1cc(C)nc(NCCCC(=O)Nc2nnc(-c3cccs3)s2)n1. The van der Waals surface area contributed by atoms with Crippen molar-refractivity contribution >= 4 is 39.7 Å². The highest BCUT2D eigenvalue weighted by atomic mass is 32.1. The summed E-state index contributed by atoms with van der Waals surface area (Å²) >= 11 is 2.98. The highest BCUT2D eigenvalue weighted by Gasteiger charge is 2.10. The van der Waals surface area contributed by atoms with Crippen LogP contribution in [0.4, 0.5) is 11.1 Å². The van der Waals surface area contributed by atoms with Gasteiger partial charge in [0, 0.05) is 24.4 Å². The third-order valence-corrected chi connectivity index (χ3v) is 5.13. The Labute approximate surface area is 153 Å². The minimum atomic E-state index is -0.0722. The van der Waals surface area contributed by atoms with E-state index in [1.54, 1.807) is 11.3 Å². The van der Waals surface area contributed by atoms with E-state index >= 15 is 0 Å². The average Bonchev–Trinajstić information content (AvgIpc) is 3.21. The van der Waals surface area contributed by atoms with Gasteiger partial charge in [0.2, 0.25) is 17.0 Å². The van der Waals surface area contributed by atoms with E-state index in [1.165, 1.54) is 11.3 Å². The fourth-order valence-electron chi connectivity index (χ4n) is 2.21. The highest BCUT2D eigenvalue weighted by molar-refractivity contribution is 7.23. The van der Waals surface area contributed by atoms with Crippen molar-refractivity contribution in [1.82, 2.24) is 20.2 Å². The molecule has 0 aliphatic rings. The zero-order valence-corrected chi connectivity index (χ0v) is 15.6. The summed E-state index contributed by atoms with van der Waals surface area (Å²) in [5.74, 6) is 0.527. The third-order valence-electron chi connectivity index (χ3n) is 3.25. The maximum absolute atomic E-state index is 12.0. The van der Waals surface area contributed by atoms with E-state index in [0.717, 1.165) is 21.3 Å². The van der Waals surface area contributed by atoms with Gasteiger partial charge >= 0.3 is 0 Å². The summed E-state index contributed by atoms with van der Waals surface area (Å²) in [6.45, 7) is 4.49. The zero-order valence-electron chi connectivity index (χ0n) is 13.9. The molecule has 9 heteroatoms. The first-order valence-corrected chi connectivity index (χ1v) is 9.53. The van der Waals surface area contributed by atoms with Crippen LogP contribution in [0.25, 0.3) is 9.88 Å². The maximum atomic E-state index is 12.0. The quantitative estimate of drug-likeness (QED) is 0.615. The summed E-state index contributed by atoms with van der Waals surface area (Å²) in [6, 6.07) is 5.87. The number of carbonyl (C=O) groups is 1. The summed E-state index contributed by atoms with van der Waals surface area (Å²) < 4.78 is 0. The molecule has 3 aromatic rings. The lowest BCUT2D eigenvalue weighted by molar-refractivity contribution is -0.116. The molecular weight excluding hydrogens is 356 g/mol. The Morgan fingerprint density at radius 2 is 2.00 bits per heavy atom. The van der Waals surface area contributed by atoms with E-state index < -0.39 is 0 Å². The maximum Gasteiger partial charge on any atom is 0.226 e. The van der Waals surface area contributed by atoms with Crippen molar-refractivity contribution in [1.29, 1.82) is 0 Å². The summed E-state index contributed by atoms with van der Waals surface area (Å²) in [4.78, 5) is 21.7. The predicted molar refractivity (Wildman–Crippen MR) is 101 cm³/mol. The van der Waals surface area contributed by atoms with Gasteiger partial charge in [0.25, 0.3) is 0 Å². The molecule has 25 heavy (non-hydrogen) atoms. The average molecular weight is 374 g/mol. The van der Waals surface area contributed by atoms with Crippen molar-refractivity contribution in [3.8, 4) is 9.88 Å². The minimum Gasteiger partial charge on any atom is -0.354 e. The van der Waals surface area contributed by atoms with Gasteiger partial charge in [-0.1, -0.05) is 17.4 Å². The number of nitrogens with zero attached hydrogens (tertiary/aromatic N) is 4. The Balaban J connectivity index is 1.42. The second-order valence-corrected chi connectivity index (χ2v) is 7.37. The van der Waals surface area contributed by atoms with E-state index in [4.69, 9.17) is 0 Å². The fourth-order valence-corrected chi connectivity index (χ4v) is 3.76. The Morgan fingerprint density at radius 1 is 1.20 bits per heavy atom. The van der Waals surface area contributed by atoms with Crippen LogP contribution in [0.2, 0.25) is 0 Å². The number of thiophene rings is 1. The molecule has 3 rings (SSSR count). The largest absolute Gasteiger partial charge is 0.354 e. The van der Waals surface area contributed by atoms with Gasteiger partial charge in [0.05, 0.1) is 4.88 Å². The summed E-state index contributed by atoms with van der Waals surface area (Å²) in [6.07, 6.45) is 1.07. The molecule has 0 aliphatic carbocycles. The number of amides is 1. The van der Waals surface area contributed by atoms with Crippen LogP contribution in [-0.2, 0) is 4.79 Å². The Kier molecular flexibility index (Phi) is 5.67. The minimum absolute atomic E-state index is 0.0722. The van der Waals surface area contributed by atoms with Crippen LogP contribution >= 0.6 is 22.7 Å². The van der Waals surface area contributed by atoms with Crippen molar-refractivity contribution in [2.45, 2.75) is 26.7 Å². The van der Waals surface area contributed by atoms with E-state index in [9.17, 15) is 4.79 Å². The summed E-state index contributed by atoms with van der Waals surface area (Å²) in [5.41, 5.74) is 1.84. The number of hydrogen-bond donors (Lipinski definition) is 2. The molecule has 0 atom stereocenters. The topological polar surface area (TPSA) is 92.7 Å². The summed E-state index contributed by atoms with van der Waals surface area (Å²) in [7, 11) is 0. The molecule has 0 radical (unpaired) electrons. The van der Waals surface area contributed by atoms with Crippen molar-refractivity contribution in [3.63, 3.8) is 0 Å². The van der Waals surface area contributed by atoms with E-state index in [-0.39, 0.29) is 5.91 Å². The van der Waals surface area contributed by atoms with Gasteiger partial charge in [-0.2, -0.15) is 0 Å². The number of aryl methyl sites for hydroxylation is 2. The molecule has 0 spiro atoms. The summed E-state index contributed by atoms with van der Waals surface area (Å²) in [5, 5.41) is 17.4. The van der Waals surface area contributed by atoms with Crippen molar-refractivity contribution in [2.75, 3.05) is 17.2 Å². The molecule has 7 nitrogen and oxygen atoms in total. The lowest BCUT2D eigenvalue weighted by atomic mass is 10.3. The van der Waals surface area contributed by atoms with Crippen molar-refractivity contribution < 1.29 is 4.79 Å². The van der Waals surface area contributed by atoms with Crippen LogP contribution in [0.5, 0.6) is 0 Å². The van der Waals surface area contributed by atoms with Crippen molar-refractivity contribution in [3.05, 3.63) is 35.0 Å². The Morgan fingerprint density at radius 3 is 2.72 bits per heavy atom. The lowest BCUT2D eigenvalue weighted by Gasteiger charge is -2.06. The number of nitrogens with one attached hydrogen (secondary N) is 2. The molecule has 3 aromatic heterocycles. The standard InChI is InChI=1S/C16H18N6OS2/c1-10-9-11(2)19-15(18-10)17-7-3-6-13(23)20-16-22-21-14(25-16)12-5-4-8-24-12/h4-5,8-9H,3,6-7H2,1-2H3,(H,17,18,19)(H,20,22,23). The molecular formula is C16H18N6OS2. The third kappa shape index (κ3) is 5.04. The van der Waals surface area contributed by atoms with Gasteiger partial charge < -0.3 is 10.6 Å². The zero-order chi connectivity index (χ0) is 17.6. The monoisotopic (exact) mass is 374 g/mol. The molecule has 2 N–H and O–H groups in total. The lowest BCUT2D eigenvalue weighted by Crippen LogP contribution is -2.14. The van der Waals surface area contributed by atoms with Gasteiger partial charge in [-0.25, -0.2) is 9.97 Å². The molecule has 1 amide bonds. The number of rotatable bonds is 7. The Hall–Kier alpha value is -2.39. The molecule has 0 aliphatic heterocycles. The molecule has 0 saturated carbocycles. The molecule has 3 heterocycles. The van der Waals surface area contributed by atoms with Gasteiger partial charge in [0.1, 0.15) is 0 Å². The predicted octanol–water partition coefficient (Wildman–Crippen LogP) is 3.50. The highest BCUT2D eigenvalue weighted by Crippen LogP contribution is 2.29. The number of anilines is 2. The van der Waals surface area contributed by atoms with Gasteiger partial charge in [-0.15, -0.1) is 21.5 Å². The first-order chi connectivity index (χ1) is 12.1. The van der Waals surface area contributed by atoms with Crippen LogP contribution in [0.3, 0.4) is 0 Å². The van der Waals surface area contributed by atoms with Crippen molar-refractivity contribution in [2.24, 2.45) is 0 Å². The van der Waals surface area contributed by atoms with Crippen LogP contribution < -0.4 is 10.6 Å². The van der Waals surface area contributed by atoms with E-state index in [2.05, 4.69) is 30.8 Å². The first kappa shape index (κ1) is 17.4. The number of hydrogen-bond acceptors (Lipinski definition) is 8. The van der Waals surface area contributed by atoms with E-state index in [0.29, 0.717) is 30.5 Å². The molecule has 0 bridgehead atoms. The second kappa shape index (κ2) is 8.13. The normalized spacial score (nSPS) is 10.6. The van der Waals surface area contributed by atoms with Crippen LogP contribution in [-0.4, -0.2) is 32.6 Å². The second-order valence-electron chi connectivity index (χ2n) is 5.44. The molecule has 0 unspecified atom stereocenters. The smallest absolute Gasteiger partial charge is 0.226 e. The van der Waals surface area contributed by atoms with Gasteiger partial charge in [-0.3, -0.25) is 4.79 Å². The fraction of sp³-hybridized carbons (Fsp3) is 0.312. The van der Waals surface area contributed by atoms with Gasteiger partial charge in [0.15, 0.2) is 5.01 Å². The number of aromatic nitrogens is 4.